The van der Waals surface area contributed by atoms with Crippen LogP contribution in [0.15, 0.2) is 24.3 Å². The van der Waals surface area contributed by atoms with Gasteiger partial charge < -0.3 is 10.1 Å². The number of hydrogen-bond acceptors (Lipinski definition) is 3. The second-order valence-corrected chi connectivity index (χ2v) is 10.9. The van der Waals surface area contributed by atoms with Crippen molar-refractivity contribution >= 4 is 11.9 Å². The molecule has 0 spiro atoms. The molecule has 0 radical (unpaired) electrons. The highest BCUT2D eigenvalue weighted by atomic mass is 19.2. The average Bonchev–Trinajstić information content (AvgIpc) is 3.11. The monoisotopic (exact) mass is 461 g/mol. The van der Waals surface area contributed by atoms with Gasteiger partial charge >= 0.3 is 5.97 Å². The molecule has 1 aromatic rings. The average molecular weight is 462 g/mol. The third kappa shape index (κ3) is 3.50. The number of carbonyl (C=O) groups is 2. The summed E-state index contributed by atoms with van der Waals surface area (Å²) in [4.78, 5) is 24.3. The predicted octanol–water partition coefficient (Wildman–Crippen LogP) is 5.17. The molecule has 7 atom stereocenters. The van der Waals surface area contributed by atoms with Crippen molar-refractivity contribution < 1.29 is 27.5 Å². The number of nitrogens with one attached hydrogen (secondary N) is 1. The minimum Gasteiger partial charge on any atom is -0.462 e. The summed E-state index contributed by atoms with van der Waals surface area (Å²) >= 11 is 0. The first-order valence-corrected chi connectivity index (χ1v) is 11.9. The van der Waals surface area contributed by atoms with E-state index in [1.165, 1.54) is 0 Å². The molecule has 4 unspecified atom stereocenters. The Hall–Kier alpha value is -2.31. The third-order valence-electron chi connectivity index (χ3n) is 9.53. The van der Waals surface area contributed by atoms with E-state index in [0.717, 1.165) is 38.5 Å². The van der Waals surface area contributed by atoms with Crippen LogP contribution in [0, 0.1) is 52.0 Å². The summed E-state index contributed by atoms with van der Waals surface area (Å²) in [6.45, 7) is 4.71. The van der Waals surface area contributed by atoms with E-state index in [0.29, 0.717) is 29.9 Å². The van der Waals surface area contributed by atoms with Crippen LogP contribution in [0.1, 0.15) is 62.7 Å². The van der Waals surface area contributed by atoms with Crippen molar-refractivity contribution in [1.29, 1.82) is 0 Å². The lowest BCUT2D eigenvalue weighted by Gasteiger charge is -2.58. The summed E-state index contributed by atoms with van der Waals surface area (Å²) in [7, 11) is 0. The van der Waals surface area contributed by atoms with Crippen LogP contribution in [0.25, 0.3) is 0 Å². The quantitative estimate of drug-likeness (QED) is 0.499. The molecule has 1 heterocycles. The fraction of sp³-hybridized carbons (Fsp3) is 0.615. The third-order valence-corrected chi connectivity index (χ3v) is 9.53. The highest BCUT2D eigenvalue weighted by Crippen LogP contribution is 2.65. The summed E-state index contributed by atoms with van der Waals surface area (Å²) in [5.74, 6) is -2.98. The normalized spacial score (nSPS) is 39.3. The Morgan fingerprint density at radius 2 is 1.79 bits per heavy atom. The van der Waals surface area contributed by atoms with Gasteiger partial charge in [-0.3, -0.25) is 4.79 Å². The molecule has 0 bridgehead atoms. The van der Waals surface area contributed by atoms with Crippen molar-refractivity contribution in [2.45, 2.75) is 58.4 Å². The smallest absolute Gasteiger partial charge is 0.341 e. The van der Waals surface area contributed by atoms with Gasteiger partial charge in [0.15, 0.2) is 11.6 Å². The van der Waals surface area contributed by atoms with Gasteiger partial charge in [0.05, 0.1) is 12.2 Å². The summed E-state index contributed by atoms with van der Waals surface area (Å²) in [5.41, 5.74) is -0.596. The first kappa shape index (κ1) is 22.5. The predicted molar refractivity (Wildman–Crippen MR) is 116 cm³/mol. The topological polar surface area (TPSA) is 55.4 Å². The van der Waals surface area contributed by atoms with Crippen LogP contribution >= 0.6 is 0 Å². The largest absolute Gasteiger partial charge is 0.462 e. The van der Waals surface area contributed by atoms with Crippen molar-refractivity contribution in [3.05, 3.63) is 47.3 Å². The molecule has 3 saturated carbocycles. The van der Waals surface area contributed by atoms with Crippen LogP contribution in [0.5, 0.6) is 0 Å². The fourth-order valence-corrected chi connectivity index (χ4v) is 7.65. The standard InChI is InChI=1S/C26H30F3NO3/c1-25-9-7-18-15(4-6-22-26(18,2)10-8-23(31)30-22)17(25)5-3-14(25)13-33-24(32)16-11-20(28)21(29)12-19(16)27/h8,10-12,14-15,17-18,22H,3-7,9,13H2,1-2H3,(H,30,31)/t14-,15?,17?,18?,22?,25-,26-/m1/s1. The second kappa shape index (κ2) is 7.88. The van der Waals surface area contributed by atoms with Gasteiger partial charge in [-0.1, -0.05) is 19.9 Å². The molecule has 1 N–H and O–H groups in total. The zero-order chi connectivity index (χ0) is 23.5. The summed E-state index contributed by atoms with van der Waals surface area (Å²) in [6, 6.07) is 1.12. The Morgan fingerprint density at radius 3 is 2.58 bits per heavy atom. The van der Waals surface area contributed by atoms with Gasteiger partial charge in [0.25, 0.3) is 0 Å². The molecule has 4 nitrogen and oxygen atoms in total. The van der Waals surface area contributed by atoms with E-state index < -0.39 is 29.0 Å². The molecule has 3 fully saturated rings. The molecular weight excluding hydrogens is 431 g/mol. The zero-order valence-electron chi connectivity index (χ0n) is 19.0. The van der Waals surface area contributed by atoms with E-state index in [2.05, 4.69) is 25.2 Å². The molecule has 4 aliphatic rings. The molecule has 0 saturated heterocycles. The van der Waals surface area contributed by atoms with Crippen molar-refractivity contribution in [2.75, 3.05) is 6.61 Å². The van der Waals surface area contributed by atoms with Crippen molar-refractivity contribution in [1.82, 2.24) is 5.32 Å². The van der Waals surface area contributed by atoms with Crippen molar-refractivity contribution in [2.24, 2.45) is 34.5 Å². The molecule has 0 aromatic heterocycles. The Labute approximate surface area is 192 Å². The fourth-order valence-electron chi connectivity index (χ4n) is 7.65. The van der Waals surface area contributed by atoms with E-state index >= 15 is 0 Å². The molecule has 178 valence electrons. The van der Waals surface area contributed by atoms with Gasteiger partial charge in [0, 0.05) is 17.5 Å². The minimum atomic E-state index is -1.33. The van der Waals surface area contributed by atoms with E-state index in [1.807, 2.05) is 0 Å². The van der Waals surface area contributed by atoms with Crippen LogP contribution in [0.2, 0.25) is 0 Å². The molecule has 1 amide bonds. The number of fused-ring (bicyclic) bond motifs is 5. The Bertz CT molecular complexity index is 1030. The number of benzene rings is 1. The lowest BCUT2D eigenvalue weighted by Crippen LogP contribution is -2.59. The van der Waals surface area contributed by atoms with Gasteiger partial charge in [-0.15, -0.1) is 0 Å². The summed E-state index contributed by atoms with van der Waals surface area (Å²) < 4.78 is 46.1. The SMILES string of the molecule is C[C@]12C=CC(=O)NC1CCC1C2CC[C@@]2(C)C1CC[C@@H]2COC(=O)c1cc(F)c(F)cc1F. The number of rotatable bonds is 3. The molecule has 33 heavy (non-hydrogen) atoms. The molecule has 3 aliphatic carbocycles. The van der Waals surface area contributed by atoms with Gasteiger partial charge in [-0.05, 0) is 79.8 Å². The maximum Gasteiger partial charge on any atom is 0.341 e. The lowest BCUT2D eigenvalue weighted by atomic mass is 9.48. The number of esters is 1. The number of halogens is 3. The van der Waals surface area contributed by atoms with E-state index in [9.17, 15) is 22.8 Å². The molecule has 7 heteroatoms. The number of hydrogen-bond donors (Lipinski definition) is 1. The lowest BCUT2D eigenvalue weighted by molar-refractivity contribution is -0.122. The maximum absolute atomic E-state index is 14.0. The van der Waals surface area contributed by atoms with Gasteiger partial charge in [0.2, 0.25) is 5.91 Å². The van der Waals surface area contributed by atoms with Crippen LogP contribution in [-0.2, 0) is 9.53 Å². The van der Waals surface area contributed by atoms with Crippen molar-refractivity contribution in [3.63, 3.8) is 0 Å². The summed E-state index contributed by atoms with van der Waals surface area (Å²) in [5, 5.41) is 3.17. The van der Waals surface area contributed by atoms with Gasteiger partial charge in [-0.2, -0.15) is 0 Å². The molecule has 5 rings (SSSR count). The second-order valence-electron chi connectivity index (χ2n) is 10.9. The molecule has 1 aromatic carbocycles. The van der Waals surface area contributed by atoms with Crippen molar-refractivity contribution in [3.8, 4) is 0 Å². The van der Waals surface area contributed by atoms with Crippen LogP contribution in [-0.4, -0.2) is 24.5 Å². The van der Waals surface area contributed by atoms with Gasteiger partial charge in [-0.25, -0.2) is 18.0 Å². The molecular formula is C26H30F3NO3. The Balaban J connectivity index is 1.30. The highest BCUT2D eigenvalue weighted by molar-refractivity contribution is 5.90. The first-order valence-electron chi connectivity index (χ1n) is 11.9. The van der Waals surface area contributed by atoms with E-state index in [-0.39, 0.29) is 35.3 Å². The van der Waals surface area contributed by atoms with E-state index in [4.69, 9.17) is 4.74 Å². The van der Waals surface area contributed by atoms with Gasteiger partial charge in [0.1, 0.15) is 5.82 Å². The number of amides is 1. The van der Waals surface area contributed by atoms with Crippen LogP contribution < -0.4 is 5.32 Å². The Kier molecular flexibility index (Phi) is 5.37. The zero-order valence-corrected chi connectivity index (χ0v) is 19.0. The first-order chi connectivity index (χ1) is 15.6. The van der Waals surface area contributed by atoms with Crippen LogP contribution in [0.3, 0.4) is 0 Å². The number of carbonyl (C=O) groups excluding carboxylic acids is 2. The highest BCUT2D eigenvalue weighted by Gasteiger charge is 2.59. The summed E-state index contributed by atoms with van der Waals surface area (Å²) in [6.07, 6.45) is 9.88. The maximum atomic E-state index is 14.0. The number of ether oxygens (including phenoxy) is 1. The Morgan fingerprint density at radius 1 is 1.03 bits per heavy atom. The van der Waals surface area contributed by atoms with Crippen LogP contribution in [0.4, 0.5) is 13.2 Å². The van der Waals surface area contributed by atoms with E-state index in [1.54, 1.807) is 6.08 Å². The minimum absolute atomic E-state index is 0.00297. The molecule has 1 aliphatic heterocycles.